The van der Waals surface area contributed by atoms with Crippen LogP contribution in [0.2, 0.25) is 0 Å². The minimum absolute atomic E-state index is 0.0376. The molecule has 0 bridgehead atoms. The van der Waals surface area contributed by atoms with Gasteiger partial charge in [-0.05, 0) is 38.1 Å². The molecule has 2 N–H and O–H groups in total. The summed E-state index contributed by atoms with van der Waals surface area (Å²) in [5.41, 5.74) is 4.09. The number of nitrogens with zero attached hydrogens (tertiary/aromatic N) is 1. The van der Waals surface area contributed by atoms with Gasteiger partial charge in [0, 0.05) is 11.6 Å². The Kier molecular flexibility index (Phi) is 4.79. The first-order valence-electron chi connectivity index (χ1n) is 7.82. The topological polar surface area (TPSA) is 67.0 Å². The molecule has 3 aromatic rings. The molecular weight excluding hydrogens is 321 g/mol. The Bertz CT molecular complexity index is 885. The van der Waals surface area contributed by atoms with E-state index in [1.165, 1.54) is 12.1 Å². The monoisotopic (exact) mass is 339 g/mol. The lowest BCUT2D eigenvalue weighted by molar-refractivity contribution is -0.118. The summed E-state index contributed by atoms with van der Waals surface area (Å²) in [5, 5.41) is 9.60. The van der Waals surface area contributed by atoms with Crippen LogP contribution in [-0.4, -0.2) is 22.7 Å². The highest BCUT2D eigenvalue weighted by atomic mass is 19.1. The fraction of sp³-hybridized carbons (Fsp3) is 0.158. The molecule has 6 heteroatoms. The Morgan fingerprint density at radius 3 is 2.60 bits per heavy atom. The Hall–Kier alpha value is -3.15. The van der Waals surface area contributed by atoms with E-state index in [4.69, 9.17) is 4.74 Å². The molecular formula is C19H18FN3O2. The number of para-hydroxylation sites is 1. The van der Waals surface area contributed by atoms with Crippen molar-refractivity contribution < 1.29 is 13.9 Å². The first-order valence-corrected chi connectivity index (χ1v) is 7.82. The van der Waals surface area contributed by atoms with E-state index in [0.29, 0.717) is 5.82 Å². The Morgan fingerprint density at radius 1 is 1.16 bits per heavy atom. The van der Waals surface area contributed by atoms with Crippen LogP contribution in [0, 0.1) is 19.7 Å². The van der Waals surface area contributed by atoms with Crippen LogP contribution >= 0.6 is 0 Å². The van der Waals surface area contributed by atoms with Gasteiger partial charge in [0.25, 0.3) is 5.91 Å². The normalized spacial score (nSPS) is 10.5. The van der Waals surface area contributed by atoms with Gasteiger partial charge in [0.05, 0.1) is 5.69 Å². The van der Waals surface area contributed by atoms with E-state index >= 15 is 0 Å². The standard InChI is InChI=1S/C19H18FN3O2/c1-12-7-13(2)9-14(8-12)16-10-18(23-22-16)21-19(24)11-25-17-6-4-3-5-15(17)20/h3-10H,11H2,1-2H3,(H2,21,22,23,24). The molecule has 0 atom stereocenters. The van der Waals surface area contributed by atoms with Crippen LogP contribution in [0.25, 0.3) is 11.3 Å². The van der Waals surface area contributed by atoms with E-state index in [1.807, 2.05) is 26.0 Å². The first-order chi connectivity index (χ1) is 12.0. The zero-order chi connectivity index (χ0) is 17.8. The van der Waals surface area contributed by atoms with Gasteiger partial charge < -0.3 is 10.1 Å². The van der Waals surface area contributed by atoms with Crippen LogP contribution in [0.5, 0.6) is 5.75 Å². The number of rotatable bonds is 5. The van der Waals surface area contributed by atoms with Crippen LogP contribution in [0.3, 0.4) is 0 Å². The molecule has 0 radical (unpaired) electrons. The summed E-state index contributed by atoms with van der Waals surface area (Å²) in [5.74, 6) is -0.499. The number of amides is 1. The molecule has 0 spiro atoms. The van der Waals surface area contributed by atoms with E-state index in [2.05, 4.69) is 21.6 Å². The predicted molar refractivity (Wildman–Crippen MR) is 94.0 cm³/mol. The van der Waals surface area contributed by atoms with E-state index in [1.54, 1.807) is 18.2 Å². The number of ether oxygens (including phenoxy) is 1. The van der Waals surface area contributed by atoms with Crippen LogP contribution < -0.4 is 10.1 Å². The molecule has 2 aromatic carbocycles. The van der Waals surface area contributed by atoms with Gasteiger partial charge in [0.1, 0.15) is 0 Å². The van der Waals surface area contributed by atoms with Gasteiger partial charge >= 0.3 is 0 Å². The minimum Gasteiger partial charge on any atom is -0.481 e. The second kappa shape index (κ2) is 7.17. The molecule has 0 saturated heterocycles. The second-order valence-electron chi connectivity index (χ2n) is 5.81. The number of aryl methyl sites for hydroxylation is 2. The van der Waals surface area contributed by atoms with Crippen molar-refractivity contribution in [2.24, 2.45) is 0 Å². The molecule has 25 heavy (non-hydrogen) atoms. The van der Waals surface area contributed by atoms with Gasteiger partial charge in [0.15, 0.2) is 24.0 Å². The SMILES string of the molecule is Cc1cc(C)cc(-c2cc(NC(=O)COc3ccccc3F)n[nH]2)c1. The summed E-state index contributed by atoms with van der Waals surface area (Å²) in [7, 11) is 0. The highest BCUT2D eigenvalue weighted by molar-refractivity contribution is 5.91. The molecule has 1 amide bonds. The van der Waals surface area contributed by atoms with E-state index in [0.717, 1.165) is 22.4 Å². The van der Waals surface area contributed by atoms with Crippen molar-refractivity contribution in [1.29, 1.82) is 0 Å². The van der Waals surface area contributed by atoms with Crippen molar-refractivity contribution in [3.63, 3.8) is 0 Å². The molecule has 0 fully saturated rings. The van der Waals surface area contributed by atoms with Crippen LogP contribution in [0.4, 0.5) is 10.2 Å². The Labute approximate surface area is 144 Å². The summed E-state index contributed by atoms with van der Waals surface area (Å²) in [6.07, 6.45) is 0. The number of nitrogens with one attached hydrogen (secondary N) is 2. The smallest absolute Gasteiger partial charge is 0.263 e. The van der Waals surface area contributed by atoms with Gasteiger partial charge in [-0.3, -0.25) is 9.89 Å². The molecule has 0 aliphatic carbocycles. The van der Waals surface area contributed by atoms with Gasteiger partial charge in [-0.25, -0.2) is 4.39 Å². The molecule has 0 aliphatic heterocycles. The van der Waals surface area contributed by atoms with Gasteiger partial charge in [-0.2, -0.15) is 5.10 Å². The third-order valence-electron chi connectivity index (χ3n) is 3.57. The lowest BCUT2D eigenvalue weighted by atomic mass is 10.1. The summed E-state index contributed by atoms with van der Waals surface area (Å²) < 4.78 is 18.6. The number of hydrogen-bond acceptors (Lipinski definition) is 3. The second-order valence-corrected chi connectivity index (χ2v) is 5.81. The lowest BCUT2D eigenvalue weighted by Crippen LogP contribution is -2.20. The van der Waals surface area contributed by atoms with Crippen molar-refractivity contribution in [3.8, 4) is 17.0 Å². The van der Waals surface area contributed by atoms with Crippen molar-refractivity contribution in [2.75, 3.05) is 11.9 Å². The number of halogens is 1. The number of H-pyrrole nitrogens is 1. The number of hydrogen-bond donors (Lipinski definition) is 2. The lowest BCUT2D eigenvalue weighted by Gasteiger charge is -2.06. The van der Waals surface area contributed by atoms with Gasteiger partial charge in [0.2, 0.25) is 0 Å². The van der Waals surface area contributed by atoms with Crippen molar-refractivity contribution >= 4 is 11.7 Å². The van der Waals surface area contributed by atoms with Crippen LogP contribution in [0.15, 0.2) is 48.5 Å². The number of benzene rings is 2. The maximum atomic E-state index is 13.4. The first kappa shape index (κ1) is 16.7. The summed E-state index contributed by atoms with van der Waals surface area (Å²) in [6.45, 7) is 3.75. The van der Waals surface area contributed by atoms with Crippen LogP contribution in [-0.2, 0) is 4.79 Å². The largest absolute Gasteiger partial charge is 0.481 e. The summed E-state index contributed by atoms with van der Waals surface area (Å²) >= 11 is 0. The zero-order valence-corrected chi connectivity index (χ0v) is 14.0. The van der Waals surface area contributed by atoms with Crippen molar-refractivity contribution in [3.05, 3.63) is 65.5 Å². The van der Waals surface area contributed by atoms with Gasteiger partial charge in [-0.15, -0.1) is 0 Å². The predicted octanol–water partition coefficient (Wildman–Crippen LogP) is 3.85. The van der Waals surface area contributed by atoms with E-state index < -0.39 is 11.7 Å². The Balaban J connectivity index is 1.63. The maximum absolute atomic E-state index is 13.4. The molecule has 128 valence electrons. The third kappa shape index (κ3) is 4.23. The molecule has 3 rings (SSSR count). The van der Waals surface area contributed by atoms with Crippen molar-refractivity contribution in [2.45, 2.75) is 13.8 Å². The van der Waals surface area contributed by atoms with Crippen LogP contribution in [0.1, 0.15) is 11.1 Å². The zero-order valence-electron chi connectivity index (χ0n) is 14.0. The molecule has 5 nitrogen and oxygen atoms in total. The Morgan fingerprint density at radius 2 is 1.88 bits per heavy atom. The third-order valence-corrected chi connectivity index (χ3v) is 3.57. The van der Waals surface area contributed by atoms with Crippen molar-refractivity contribution in [1.82, 2.24) is 10.2 Å². The summed E-state index contributed by atoms with van der Waals surface area (Å²) in [4.78, 5) is 11.9. The van der Waals surface area contributed by atoms with E-state index in [-0.39, 0.29) is 12.4 Å². The maximum Gasteiger partial charge on any atom is 0.263 e. The number of carbonyl (C=O) groups excluding carboxylic acids is 1. The highest BCUT2D eigenvalue weighted by Crippen LogP contribution is 2.22. The molecule has 0 unspecified atom stereocenters. The average molecular weight is 339 g/mol. The molecule has 0 aliphatic rings. The number of anilines is 1. The fourth-order valence-electron chi connectivity index (χ4n) is 2.55. The molecule has 0 saturated carbocycles. The number of aromatic amines is 1. The minimum atomic E-state index is -0.507. The average Bonchev–Trinajstić information content (AvgIpc) is 3.02. The summed E-state index contributed by atoms with van der Waals surface area (Å²) in [6, 6.07) is 13.8. The fourth-order valence-corrected chi connectivity index (χ4v) is 2.55. The number of aromatic nitrogens is 2. The van der Waals surface area contributed by atoms with E-state index in [9.17, 15) is 9.18 Å². The van der Waals surface area contributed by atoms with Gasteiger partial charge in [-0.1, -0.05) is 29.3 Å². The number of carbonyl (C=O) groups is 1. The highest BCUT2D eigenvalue weighted by Gasteiger charge is 2.10. The quantitative estimate of drug-likeness (QED) is 0.742. The molecule has 1 aromatic heterocycles. The molecule has 1 heterocycles.